The lowest BCUT2D eigenvalue weighted by Gasteiger charge is -2.09. The number of imidazole rings is 1. The highest BCUT2D eigenvalue weighted by Gasteiger charge is 1.99. The Morgan fingerprint density at radius 2 is 2.20 bits per heavy atom. The minimum atomic E-state index is 0.601. The molecule has 0 spiro atoms. The Kier molecular flexibility index (Phi) is 5.40. The summed E-state index contributed by atoms with van der Waals surface area (Å²) in [6, 6.07) is 0.601. The molecule has 0 amide bonds. The summed E-state index contributed by atoms with van der Waals surface area (Å²) in [4.78, 5) is 4.31. The van der Waals surface area contributed by atoms with Gasteiger partial charge in [-0.05, 0) is 19.4 Å². The van der Waals surface area contributed by atoms with Gasteiger partial charge in [0, 0.05) is 31.4 Å². The third-order valence-corrected chi connectivity index (χ3v) is 2.50. The molecule has 0 atom stereocenters. The normalized spacial score (nSPS) is 11.2. The predicted molar refractivity (Wildman–Crippen MR) is 64.0 cm³/mol. The quantitative estimate of drug-likeness (QED) is 0.698. The van der Waals surface area contributed by atoms with E-state index < -0.39 is 0 Å². The fourth-order valence-electron chi connectivity index (χ4n) is 1.66. The van der Waals surface area contributed by atoms with Crippen molar-refractivity contribution in [3.05, 3.63) is 18.2 Å². The molecule has 3 heteroatoms. The van der Waals surface area contributed by atoms with Crippen molar-refractivity contribution in [3.63, 3.8) is 0 Å². The maximum atomic E-state index is 4.31. The van der Waals surface area contributed by atoms with Gasteiger partial charge < -0.3 is 9.88 Å². The van der Waals surface area contributed by atoms with Crippen LogP contribution in [0.3, 0.4) is 0 Å². The van der Waals surface area contributed by atoms with Crippen LogP contribution in [0.25, 0.3) is 0 Å². The van der Waals surface area contributed by atoms with Gasteiger partial charge in [0.2, 0.25) is 0 Å². The first-order valence-electron chi connectivity index (χ1n) is 5.97. The number of rotatable bonds is 7. The summed E-state index contributed by atoms with van der Waals surface area (Å²) in [5.41, 5.74) is 0. The van der Waals surface area contributed by atoms with Crippen molar-refractivity contribution in [1.29, 1.82) is 0 Å². The van der Waals surface area contributed by atoms with E-state index in [-0.39, 0.29) is 0 Å². The third-order valence-electron chi connectivity index (χ3n) is 2.50. The van der Waals surface area contributed by atoms with Crippen molar-refractivity contribution in [2.24, 2.45) is 0 Å². The molecule has 0 bridgehead atoms. The van der Waals surface area contributed by atoms with E-state index >= 15 is 0 Å². The standard InChI is InChI=1S/C12H23N3/c1-4-12-14-8-10-15(12)9-6-5-7-13-11(2)3/h8,10-11,13H,4-7,9H2,1-3H3. The van der Waals surface area contributed by atoms with E-state index in [1.807, 2.05) is 6.20 Å². The molecule has 3 nitrogen and oxygen atoms in total. The summed E-state index contributed by atoms with van der Waals surface area (Å²) in [5, 5.41) is 3.43. The lowest BCUT2D eigenvalue weighted by Crippen LogP contribution is -2.23. The van der Waals surface area contributed by atoms with Gasteiger partial charge in [-0.15, -0.1) is 0 Å². The minimum Gasteiger partial charge on any atom is -0.335 e. The van der Waals surface area contributed by atoms with Gasteiger partial charge in [0.1, 0.15) is 5.82 Å². The SMILES string of the molecule is CCc1nccn1CCCCNC(C)C. The molecule has 0 aliphatic carbocycles. The zero-order valence-electron chi connectivity index (χ0n) is 10.2. The molecule has 1 aromatic rings. The number of nitrogens with zero attached hydrogens (tertiary/aromatic N) is 2. The highest BCUT2D eigenvalue weighted by atomic mass is 15.1. The molecular formula is C12H23N3. The maximum absolute atomic E-state index is 4.31. The molecule has 1 N–H and O–H groups in total. The van der Waals surface area contributed by atoms with Crippen LogP contribution in [-0.2, 0) is 13.0 Å². The molecule has 1 heterocycles. The second-order valence-corrected chi connectivity index (χ2v) is 4.21. The monoisotopic (exact) mass is 209 g/mol. The van der Waals surface area contributed by atoms with Crippen LogP contribution < -0.4 is 5.32 Å². The summed E-state index contributed by atoms with van der Waals surface area (Å²) in [7, 11) is 0. The van der Waals surface area contributed by atoms with Gasteiger partial charge in [0.15, 0.2) is 0 Å². The zero-order chi connectivity index (χ0) is 11.1. The van der Waals surface area contributed by atoms with E-state index in [0.29, 0.717) is 6.04 Å². The Morgan fingerprint density at radius 3 is 2.87 bits per heavy atom. The van der Waals surface area contributed by atoms with Crippen molar-refractivity contribution in [2.75, 3.05) is 6.54 Å². The summed E-state index contributed by atoms with van der Waals surface area (Å²) >= 11 is 0. The highest BCUT2D eigenvalue weighted by molar-refractivity contribution is 4.91. The molecule has 0 unspecified atom stereocenters. The fourth-order valence-corrected chi connectivity index (χ4v) is 1.66. The van der Waals surface area contributed by atoms with Crippen LogP contribution in [0.4, 0.5) is 0 Å². The van der Waals surface area contributed by atoms with Gasteiger partial charge in [-0.1, -0.05) is 20.8 Å². The van der Waals surface area contributed by atoms with Crippen molar-refractivity contribution in [3.8, 4) is 0 Å². The van der Waals surface area contributed by atoms with Crippen LogP contribution in [0.1, 0.15) is 39.4 Å². The van der Waals surface area contributed by atoms with Crippen LogP contribution in [0.15, 0.2) is 12.4 Å². The van der Waals surface area contributed by atoms with Gasteiger partial charge in [0.05, 0.1) is 0 Å². The van der Waals surface area contributed by atoms with Crippen molar-refractivity contribution in [2.45, 2.75) is 52.6 Å². The smallest absolute Gasteiger partial charge is 0.108 e. The van der Waals surface area contributed by atoms with Gasteiger partial charge in [-0.25, -0.2) is 4.98 Å². The maximum Gasteiger partial charge on any atom is 0.108 e. The van der Waals surface area contributed by atoms with E-state index in [0.717, 1.165) is 19.5 Å². The lowest BCUT2D eigenvalue weighted by molar-refractivity contribution is 0.525. The van der Waals surface area contributed by atoms with Crippen LogP contribution in [-0.4, -0.2) is 22.1 Å². The first kappa shape index (κ1) is 12.2. The predicted octanol–water partition coefficient (Wildman–Crippen LogP) is 2.22. The number of aryl methyl sites for hydroxylation is 2. The second kappa shape index (κ2) is 6.62. The fraction of sp³-hybridized carbons (Fsp3) is 0.750. The van der Waals surface area contributed by atoms with E-state index in [1.165, 1.54) is 18.7 Å². The molecule has 15 heavy (non-hydrogen) atoms. The molecule has 0 saturated heterocycles. The van der Waals surface area contributed by atoms with Crippen molar-refractivity contribution < 1.29 is 0 Å². The molecule has 0 saturated carbocycles. The van der Waals surface area contributed by atoms with Crippen LogP contribution in [0.2, 0.25) is 0 Å². The average Bonchev–Trinajstić information content (AvgIpc) is 2.64. The molecule has 0 radical (unpaired) electrons. The molecule has 1 aromatic heterocycles. The number of unbranched alkanes of at least 4 members (excludes halogenated alkanes) is 1. The van der Waals surface area contributed by atoms with Crippen LogP contribution in [0.5, 0.6) is 0 Å². The first-order valence-corrected chi connectivity index (χ1v) is 5.97. The average molecular weight is 209 g/mol. The molecule has 0 aromatic carbocycles. The Morgan fingerprint density at radius 1 is 1.40 bits per heavy atom. The Labute approximate surface area is 92.9 Å². The topological polar surface area (TPSA) is 29.9 Å². The summed E-state index contributed by atoms with van der Waals surface area (Å²) < 4.78 is 2.26. The highest BCUT2D eigenvalue weighted by Crippen LogP contribution is 2.01. The third kappa shape index (κ3) is 4.47. The Hall–Kier alpha value is -0.830. The van der Waals surface area contributed by atoms with Gasteiger partial charge >= 0.3 is 0 Å². The number of nitrogens with one attached hydrogen (secondary N) is 1. The summed E-state index contributed by atoms with van der Waals surface area (Å²) in [6.45, 7) is 8.74. The van der Waals surface area contributed by atoms with Gasteiger partial charge in [-0.3, -0.25) is 0 Å². The molecule has 1 rings (SSSR count). The Balaban J connectivity index is 2.15. The first-order chi connectivity index (χ1) is 7.24. The van der Waals surface area contributed by atoms with Gasteiger partial charge in [-0.2, -0.15) is 0 Å². The van der Waals surface area contributed by atoms with E-state index in [4.69, 9.17) is 0 Å². The largest absolute Gasteiger partial charge is 0.335 e. The molecule has 86 valence electrons. The van der Waals surface area contributed by atoms with Crippen molar-refractivity contribution in [1.82, 2.24) is 14.9 Å². The zero-order valence-corrected chi connectivity index (χ0v) is 10.2. The van der Waals surface area contributed by atoms with Crippen molar-refractivity contribution >= 4 is 0 Å². The van der Waals surface area contributed by atoms with E-state index in [9.17, 15) is 0 Å². The Bertz CT molecular complexity index is 266. The minimum absolute atomic E-state index is 0.601. The molecular weight excluding hydrogens is 186 g/mol. The molecule has 0 aliphatic rings. The molecule has 0 aliphatic heterocycles. The van der Waals surface area contributed by atoms with Crippen LogP contribution >= 0.6 is 0 Å². The number of hydrogen-bond acceptors (Lipinski definition) is 2. The number of hydrogen-bond donors (Lipinski definition) is 1. The second-order valence-electron chi connectivity index (χ2n) is 4.21. The summed E-state index contributed by atoms with van der Waals surface area (Å²) in [5.74, 6) is 1.20. The van der Waals surface area contributed by atoms with E-state index in [2.05, 4.69) is 41.8 Å². The number of aromatic nitrogens is 2. The van der Waals surface area contributed by atoms with E-state index in [1.54, 1.807) is 0 Å². The summed E-state index contributed by atoms with van der Waals surface area (Å²) in [6.07, 6.45) is 7.46. The van der Waals surface area contributed by atoms with Gasteiger partial charge in [0.25, 0.3) is 0 Å². The van der Waals surface area contributed by atoms with Crippen LogP contribution in [0, 0.1) is 0 Å². The lowest BCUT2D eigenvalue weighted by atomic mass is 10.3. The molecule has 0 fully saturated rings.